The van der Waals surface area contributed by atoms with Crippen LogP contribution in [-0.2, 0) is 6.54 Å². The zero-order valence-corrected chi connectivity index (χ0v) is 13.3. The quantitative estimate of drug-likeness (QED) is 0.867. The van der Waals surface area contributed by atoms with Gasteiger partial charge in [0.1, 0.15) is 5.56 Å². The average molecular weight is 311 g/mol. The second-order valence-electron chi connectivity index (χ2n) is 5.61. The van der Waals surface area contributed by atoms with Crippen molar-refractivity contribution in [1.29, 1.82) is 0 Å². The molecule has 0 radical (unpaired) electrons. The van der Waals surface area contributed by atoms with E-state index in [1.165, 1.54) is 12.7 Å². The number of hydrogen-bond acceptors (Lipinski definition) is 4. The monoisotopic (exact) mass is 311 g/mol. The molecule has 23 heavy (non-hydrogen) atoms. The Morgan fingerprint density at radius 2 is 1.83 bits per heavy atom. The van der Waals surface area contributed by atoms with Crippen LogP contribution in [0.3, 0.4) is 0 Å². The third-order valence-electron chi connectivity index (χ3n) is 4.10. The first-order valence-electron chi connectivity index (χ1n) is 7.82. The molecule has 0 spiro atoms. The number of pyridine rings is 1. The normalized spacial score (nSPS) is 15.4. The lowest BCUT2D eigenvalue weighted by Gasteiger charge is -2.34. The van der Waals surface area contributed by atoms with Crippen LogP contribution in [0.4, 0.5) is 0 Å². The second kappa shape index (κ2) is 7.24. The van der Waals surface area contributed by atoms with Crippen molar-refractivity contribution in [3.8, 4) is 5.88 Å². The maximum Gasteiger partial charge on any atom is 0.259 e. The van der Waals surface area contributed by atoms with E-state index >= 15 is 0 Å². The van der Waals surface area contributed by atoms with E-state index in [-0.39, 0.29) is 5.91 Å². The molecule has 0 aliphatic carbocycles. The van der Waals surface area contributed by atoms with Crippen LogP contribution in [0.1, 0.15) is 15.9 Å². The van der Waals surface area contributed by atoms with Crippen molar-refractivity contribution in [3.05, 3.63) is 59.8 Å². The van der Waals surface area contributed by atoms with E-state index < -0.39 is 0 Å². The Hall–Kier alpha value is -2.40. The Morgan fingerprint density at radius 3 is 2.52 bits per heavy atom. The lowest BCUT2D eigenvalue weighted by Crippen LogP contribution is -2.48. The van der Waals surface area contributed by atoms with Crippen molar-refractivity contribution < 1.29 is 9.53 Å². The molecule has 1 amide bonds. The standard InChI is InChI=1S/C18H21N3O2/c1-23-17-16(8-5-9-19-17)18(22)21-12-10-20(11-13-21)14-15-6-3-2-4-7-15/h2-9H,10-14H2,1H3. The first-order chi connectivity index (χ1) is 11.3. The number of aromatic nitrogens is 1. The smallest absolute Gasteiger partial charge is 0.259 e. The molecule has 0 bridgehead atoms. The fourth-order valence-electron chi connectivity index (χ4n) is 2.84. The number of amides is 1. The number of ether oxygens (including phenoxy) is 1. The summed E-state index contributed by atoms with van der Waals surface area (Å²) in [6, 6.07) is 14.0. The van der Waals surface area contributed by atoms with Gasteiger partial charge in [0.15, 0.2) is 0 Å². The molecule has 2 aromatic rings. The van der Waals surface area contributed by atoms with Gasteiger partial charge in [-0.2, -0.15) is 0 Å². The third-order valence-corrected chi connectivity index (χ3v) is 4.10. The summed E-state index contributed by atoms with van der Waals surface area (Å²) in [7, 11) is 1.54. The van der Waals surface area contributed by atoms with Crippen molar-refractivity contribution in [2.45, 2.75) is 6.54 Å². The largest absolute Gasteiger partial charge is 0.480 e. The summed E-state index contributed by atoms with van der Waals surface area (Å²) in [5.74, 6) is 0.388. The first-order valence-corrected chi connectivity index (χ1v) is 7.82. The highest BCUT2D eigenvalue weighted by atomic mass is 16.5. The van der Waals surface area contributed by atoms with Crippen LogP contribution in [0.25, 0.3) is 0 Å². The van der Waals surface area contributed by atoms with Gasteiger partial charge >= 0.3 is 0 Å². The number of carbonyl (C=O) groups excluding carboxylic acids is 1. The van der Waals surface area contributed by atoms with Crippen LogP contribution in [-0.4, -0.2) is 54.0 Å². The maximum absolute atomic E-state index is 12.6. The highest BCUT2D eigenvalue weighted by molar-refractivity contribution is 5.96. The summed E-state index contributed by atoms with van der Waals surface area (Å²) in [6.07, 6.45) is 1.63. The van der Waals surface area contributed by atoms with Gasteiger partial charge in [-0.25, -0.2) is 4.98 Å². The van der Waals surface area contributed by atoms with E-state index in [1.807, 2.05) is 11.0 Å². The Bertz CT molecular complexity index is 652. The molecule has 1 saturated heterocycles. The van der Waals surface area contributed by atoms with Gasteiger partial charge in [-0.15, -0.1) is 0 Å². The summed E-state index contributed by atoms with van der Waals surface area (Å²) in [5.41, 5.74) is 1.84. The third kappa shape index (κ3) is 3.68. The summed E-state index contributed by atoms with van der Waals surface area (Å²) in [5, 5.41) is 0. The lowest BCUT2D eigenvalue weighted by atomic mass is 10.2. The van der Waals surface area contributed by atoms with Crippen molar-refractivity contribution in [2.24, 2.45) is 0 Å². The van der Waals surface area contributed by atoms with Crippen molar-refractivity contribution in [3.63, 3.8) is 0 Å². The van der Waals surface area contributed by atoms with Crippen LogP contribution < -0.4 is 4.74 Å². The zero-order chi connectivity index (χ0) is 16.1. The van der Waals surface area contributed by atoms with Crippen LogP contribution in [0, 0.1) is 0 Å². The van der Waals surface area contributed by atoms with E-state index in [9.17, 15) is 4.79 Å². The molecule has 0 unspecified atom stereocenters. The predicted molar refractivity (Wildman–Crippen MR) is 88.4 cm³/mol. The Balaban J connectivity index is 1.59. The van der Waals surface area contributed by atoms with Crippen LogP contribution in [0.5, 0.6) is 5.88 Å². The lowest BCUT2D eigenvalue weighted by molar-refractivity contribution is 0.0624. The average Bonchev–Trinajstić information content (AvgIpc) is 2.62. The maximum atomic E-state index is 12.6. The second-order valence-corrected chi connectivity index (χ2v) is 5.61. The van der Waals surface area contributed by atoms with E-state index in [4.69, 9.17) is 4.74 Å². The molecular formula is C18H21N3O2. The van der Waals surface area contributed by atoms with Crippen molar-refractivity contribution in [1.82, 2.24) is 14.8 Å². The predicted octanol–water partition coefficient (Wildman–Crippen LogP) is 2.05. The fraction of sp³-hybridized carbons (Fsp3) is 0.333. The molecule has 1 aliphatic rings. The Labute approximate surface area is 136 Å². The summed E-state index contributed by atoms with van der Waals surface area (Å²) in [6.45, 7) is 4.14. The number of nitrogens with zero attached hydrogens (tertiary/aromatic N) is 3. The highest BCUT2D eigenvalue weighted by Gasteiger charge is 2.24. The first kappa shape index (κ1) is 15.5. The van der Waals surface area contributed by atoms with E-state index in [0.29, 0.717) is 11.4 Å². The molecule has 120 valence electrons. The minimum absolute atomic E-state index is 0.00527. The van der Waals surface area contributed by atoms with Gasteiger partial charge in [0.05, 0.1) is 7.11 Å². The van der Waals surface area contributed by atoms with E-state index in [0.717, 1.165) is 32.7 Å². The molecule has 1 aliphatic heterocycles. The van der Waals surface area contributed by atoms with Gasteiger partial charge in [0, 0.05) is 38.9 Å². The van der Waals surface area contributed by atoms with Crippen LogP contribution in [0.2, 0.25) is 0 Å². The van der Waals surface area contributed by atoms with Crippen LogP contribution >= 0.6 is 0 Å². The number of benzene rings is 1. The molecule has 0 saturated carbocycles. The number of carbonyl (C=O) groups is 1. The minimum atomic E-state index is -0.00527. The molecule has 5 nitrogen and oxygen atoms in total. The fourth-order valence-corrected chi connectivity index (χ4v) is 2.84. The van der Waals surface area contributed by atoms with Gasteiger partial charge in [-0.1, -0.05) is 30.3 Å². The highest BCUT2D eigenvalue weighted by Crippen LogP contribution is 2.17. The molecular weight excluding hydrogens is 290 g/mol. The zero-order valence-electron chi connectivity index (χ0n) is 13.3. The van der Waals surface area contributed by atoms with Gasteiger partial charge in [-0.3, -0.25) is 9.69 Å². The molecule has 0 atom stereocenters. The van der Waals surface area contributed by atoms with E-state index in [2.05, 4.69) is 34.1 Å². The Morgan fingerprint density at radius 1 is 1.09 bits per heavy atom. The van der Waals surface area contributed by atoms with Crippen molar-refractivity contribution >= 4 is 5.91 Å². The van der Waals surface area contributed by atoms with Gasteiger partial charge in [0.25, 0.3) is 5.91 Å². The summed E-state index contributed by atoms with van der Waals surface area (Å²) < 4.78 is 5.19. The van der Waals surface area contributed by atoms with Crippen LogP contribution in [0.15, 0.2) is 48.7 Å². The molecule has 3 rings (SSSR count). The summed E-state index contributed by atoms with van der Waals surface area (Å²) in [4.78, 5) is 21.0. The van der Waals surface area contributed by atoms with Crippen molar-refractivity contribution in [2.75, 3.05) is 33.3 Å². The van der Waals surface area contributed by atoms with Gasteiger partial charge < -0.3 is 9.64 Å². The SMILES string of the molecule is COc1ncccc1C(=O)N1CCN(Cc2ccccc2)CC1. The number of methoxy groups -OCH3 is 1. The molecule has 1 aromatic carbocycles. The summed E-state index contributed by atoms with van der Waals surface area (Å²) >= 11 is 0. The Kier molecular flexibility index (Phi) is 4.88. The molecule has 1 fully saturated rings. The number of rotatable bonds is 4. The number of piperazine rings is 1. The molecule has 0 N–H and O–H groups in total. The molecule has 5 heteroatoms. The van der Waals surface area contributed by atoms with E-state index in [1.54, 1.807) is 18.3 Å². The molecule has 2 heterocycles. The number of hydrogen-bond donors (Lipinski definition) is 0. The molecule has 1 aromatic heterocycles. The van der Waals surface area contributed by atoms with Gasteiger partial charge in [-0.05, 0) is 17.7 Å². The topological polar surface area (TPSA) is 45.7 Å². The minimum Gasteiger partial charge on any atom is -0.480 e. The van der Waals surface area contributed by atoms with Gasteiger partial charge in [0.2, 0.25) is 5.88 Å².